The molecular formula is C33H18N9O3Zn+. The Morgan fingerprint density at radius 1 is 0.630 bits per heavy atom. The number of hydrogen-bond acceptors (Lipinski definition) is 8. The number of carboxylic acid groups (broad SMARTS) is 1. The van der Waals surface area contributed by atoms with Crippen LogP contribution in [0.25, 0.3) is 84.0 Å². The fourth-order valence-corrected chi connectivity index (χ4v) is 5.63. The summed E-state index contributed by atoms with van der Waals surface area (Å²) in [6, 6.07) is 28.3. The van der Waals surface area contributed by atoms with Gasteiger partial charge in [0.1, 0.15) is 5.75 Å². The first-order chi connectivity index (χ1) is 22.1. The minimum Gasteiger partial charge on any atom is -0.482 e. The van der Waals surface area contributed by atoms with Crippen molar-refractivity contribution in [2.24, 2.45) is 0 Å². The molecule has 4 aromatic carbocycles. The van der Waals surface area contributed by atoms with Crippen molar-refractivity contribution in [3.63, 3.8) is 0 Å². The Bertz CT molecular complexity index is 2560. The van der Waals surface area contributed by atoms with E-state index in [2.05, 4.69) is 0 Å². The number of carbonyl (C=O) groups is 1. The maximum Gasteiger partial charge on any atom is 2.00 e. The molecule has 0 unspecified atom stereocenters. The summed E-state index contributed by atoms with van der Waals surface area (Å²) in [7, 11) is 0. The van der Waals surface area contributed by atoms with Gasteiger partial charge in [-0.15, -0.1) is 0 Å². The first kappa shape index (κ1) is 27.6. The molecule has 0 aliphatic carbocycles. The van der Waals surface area contributed by atoms with Gasteiger partial charge in [0.25, 0.3) is 5.69 Å². The third-order valence-electron chi connectivity index (χ3n) is 7.66. The second-order valence-corrected chi connectivity index (χ2v) is 10.4. The SMILES string of the molecule is O=C(O)COc1ccc2c3nc4nc(nc5[n-]c(nc6n[n+](nc([n-]3)c2c1)-c1ccccc1-6)c1ccccc51)-c1ccccc1-4.[Zn+2]. The first-order valence-electron chi connectivity index (χ1n) is 14.0. The molecule has 0 spiro atoms. The van der Waals surface area contributed by atoms with Crippen molar-refractivity contribution < 1.29 is 38.9 Å². The van der Waals surface area contributed by atoms with Crippen molar-refractivity contribution in [3.05, 3.63) is 91.0 Å². The van der Waals surface area contributed by atoms with E-state index < -0.39 is 12.6 Å². The average Bonchev–Trinajstić information content (AvgIpc) is 3.79. The summed E-state index contributed by atoms with van der Waals surface area (Å²) in [4.78, 5) is 41.9. The van der Waals surface area contributed by atoms with Crippen LogP contribution in [-0.4, -0.2) is 47.8 Å². The van der Waals surface area contributed by atoms with E-state index in [4.69, 9.17) is 49.9 Å². The Hall–Kier alpha value is -5.94. The second kappa shape index (κ2) is 10.6. The molecule has 0 atom stereocenters. The maximum atomic E-state index is 11.2. The largest absolute Gasteiger partial charge is 2.00 e. The summed E-state index contributed by atoms with van der Waals surface area (Å²) in [5.41, 5.74) is 4.78. The zero-order valence-corrected chi connectivity index (χ0v) is 26.8. The van der Waals surface area contributed by atoms with Crippen molar-refractivity contribution in [1.29, 1.82) is 0 Å². The maximum absolute atomic E-state index is 11.2. The number of rotatable bonds is 3. The van der Waals surface area contributed by atoms with E-state index in [-0.39, 0.29) is 19.5 Å². The molecule has 0 fully saturated rings. The number of ether oxygens (including phenoxy) is 1. The van der Waals surface area contributed by atoms with Crippen LogP contribution in [0.5, 0.6) is 5.75 Å². The Labute approximate surface area is 271 Å². The molecule has 5 heterocycles. The molecule has 2 aliphatic rings. The number of nitrogens with zero attached hydrogens (tertiary/aromatic N) is 9. The van der Waals surface area contributed by atoms with Gasteiger partial charge in [0, 0.05) is 49.4 Å². The van der Waals surface area contributed by atoms with Crippen LogP contribution < -0.4 is 19.5 Å². The first-order valence-corrected chi connectivity index (χ1v) is 14.0. The number of aromatic nitrogens is 9. The summed E-state index contributed by atoms with van der Waals surface area (Å²) in [5.74, 6) is 0.631. The average molecular weight is 654 g/mol. The summed E-state index contributed by atoms with van der Waals surface area (Å²) in [5, 5.41) is 21.7. The van der Waals surface area contributed by atoms with Crippen molar-refractivity contribution in [3.8, 4) is 45.6 Å². The minimum absolute atomic E-state index is 0. The van der Waals surface area contributed by atoms with Crippen LogP contribution in [0.15, 0.2) is 91.0 Å². The van der Waals surface area contributed by atoms with Gasteiger partial charge in [-0.05, 0) is 40.4 Å². The fourth-order valence-electron chi connectivity index (χ4n) is 5.63. The van der Waals surface area contributed by atoms with Gasteiger partial charge in [0.05, 0.1) is 22.9 Å². The zero-order chi connectivity index (χ0) is 30.1. The van der Waals surface area contributed by atoms with Gasteiger partial charge in [0.15, 0.2) is 12.4 Å². The number of fused-ring (bicyclic) bond motifs is 20. The van der Waals surface area contributed by atoms with Crippen molar-refractivity contribution in [2.75, 3.05) is 6.61 Å². The predicted octanol–water partition coefficient (Wildman–Crippen LogP) is 4.20. The molecule has 8 bridgehead atoms. The van der Waals surface area contributed by atoms with Gasteiger partial charge in [-0.1, -0.05) is 65.8 Å². The molecule has 13 heteroatoms. The third-order valence-corrected chi connectivity index (χ3v) is 7.66. The molecule has 1 N–H and O–H groups in total. The number of hydrogen-bond donors (Lipinski definition) is 1. The number of benzene rings is 4. The number of para-hydroxylation sites is 1. The monoisotopic (exact) mass is 652 g/mol. The van der Waals surface area contributed by atoms with Gasteiger partial charge >= 0.3 is 25.4 Å². The fraction of sp³-hybridized carbons (Fsp3) is 0.0303. The van der Waals surface area contributed by atoms with E-state index >= 15 is 0 Å². The van der Waals surface area contributed by atoms with Crippen LogP contribution in [0, 0.1) is 0 Å². The van der Waals surface area contributed by atoms with E-state index in [0.29, 0.717) is 62.3 Å². The van der Waals surface area contributed by atoms with Crippen LogP contribution in [-0.2, 0) is 24.3 Å². The molecule has 9 rings (SSSR count). The molecule has 0 saturated heterocycles. The third kappa shape index (κ3) is 4.40. The Balaban J connectivity index is 0.00000312. The predicted molar refractivity (Wildman–Crippen MR) is 163 cm³/mol. The van der Waals surface area contributed by atoms with Gasteiger partial charge in [-0.2, -0.15) is 0 Å². The van der Waals surface area contributed by atoms with E-state index in [9.17, 15) is 4.79 Å². The van der Waals surface area contributed by atoms with Crippen LogP contribution >= 0.6 is 0 Å². The van der Waals surface area contributed by atoms with E-state index in [0.717, 1.165) is 27.5 Å². The van der Waals surface area contributed by atoms with Gasteiger partial charge in [0.2, 0.25) is 0 Å². The van der Waals surface area contributed by atoms with Gasteiger partial charge in [-0.25, -0.2) is 9.78 Å². The number of carboxylic acids is 1. The standard InChI is InChI=1S/C33H19N9O3.Zn/c43-26(44)16-45-17-13-14-22-24(15-17)33-39-31(22)37-29-19-8-2-1-7-18(19)27(35-29)34-28-20-9-3-4-10-21(20)30(36-28)38-32-23-11-5-6-12-25(23)42(40-32)41-33;/h1-15H,16H2,(H2,34,35,36,37,38,39,40,41,43,44);/q;+2/p-1. The summed E-state index contributed by atoms with van der Waals surface area (Å²) >= 11 is 0. The van der Waals surface area contributed by atoms with E-state index in [1.807, 2.05) is 72.8 Å². The minimum atomic E-state index is -1.08. The second-order valence-electron chi connectivity index (χ2n) is 10.4. The summed E-state index contributed by atoms with van der Waals surface area (Å²) in [6.07, 6.45) is 0. The smallest absolute Gasteiger partial charge is 0.482 e. The van der Waals surface area contributed by atoms with Crippen LogP contribution in [0.2, 0.25) is 0 Å². The van der Waals surface area contributed by atoms with Crippen LogP contribution in [0.1, 0.15) is 0 Å². The Kier molecular flexibility index (Phi) is 6.36. The molecule has 2 aliphatic heterocycles. The molecule has 3 aromatic heterocycles. The van der Waals surface area contributed by atoms with Gasteiger partial charge in [-0.3, -0.25) is 0 Å². The Morgan fingerprint density at radius 2 is 1.20 bits per heavy atom. The van der Waals surface area contributed by atoms with Crippen molar-refractivity contribution in [2.45, 2.75) is 0 Å². The molecule has 12 nitrogen and oxygen atoms in total. The number of aliphatic carboxylic acids is 1. The topological polar surface area (TPSA) is 156 Å². The zero-order valence-electron chi connectivity index (χ0n) is 23.9. The molecule has 0 radical (unpaired) electrons. The Morgan fingerprint density at radius 3 is 1.87 bits per heavy atom. The molecule has 214 valence electrons. The quantitative estimate of drug-likeness (QED) is 0.215. The van der Waals surface area contributed by atoms with E-state index in [1.54, 1.807) is 18.2 Å². The molecule has 0 saturated carbocycles. The van der Waals surface area contributed by atoms with Crippen molar-refractivity contribution in [1.82, 2.24) is 40.1 Å². The molecular weight excluding hydrogens is 636 g/mol. The van der Waals surface area contributed by atoms with Crippen LogP contribution in [0.4, 0.5) is 0 Å². The van der Waals surface area contributed by atoms with Crippen molar-refractivity contribution >= 4 is 50.1 Å². The molecule has 7 aromatic rings. The normalized spacial score (nSPS) is 11.6. The van der Waals surface area contributed by atoms with Gasteiger partial charge < -0.3 is 34.8 Å². The van der Waals surface area contributed by atoms with Crippen LogP contribution in [0.3, 0.4) is 0 Å². The van der Waals surface area contributed by atoms with E-state index in [1.165, 1.54) is 4.80 Å². The molecule has 0 amide bonds. The molecule has 46 heavy (non-hydrogen) atoms. The summed E-state index contributed by atoms with van der Waals surface area (Å²) in [6.45, 7) is -0.486. The summed E-state index contributed by atoms with van der Waals surface area (Å²) < 4.78 is 5.48.